The third-order valence-electron chi connectivity index (χ3n) is 5.16. The van der Waals surface area contributed by atoms with Crippen molar-refractivity contribution in [3.63, 3.8) is 0 Å². The number of nitrogens with one attached hydrogen (secondary N) is 4. The first-order valence-electron chi connectivity index (χ1n) is 9.23. The highest BCUT2D eigenvalue weighted by molar-refractivity contribution is 5.83. The van der Waals surface area contributed by atoms with E-state index in [0.717, 1.165) is 0 Å². The first-order valence-corrected chi connectivity index (χ1v) is 9.23. The fourth-order valence-electron chi connectivity index (χ4n) is 3.61. The number of nitrogens with zero attached hydrogens (tertiary/aromatic N) is 3. The molecule has 0 bridgehead atoms. The Bertz CT molecular complexity index is 863. The van der Waals surface area contributed by atoms with E-state index in [1.54, 1.807) is 0 Å². The molecule has 1 amide bonds. The van der Waals surface area contributed by atoms with Crippen LogP contribution in [0.25, 0.3) is 11.2 Å². The summed E-state index contributed by atoms with van der Waals surface area (Å²) in [7, 11) is 0. The minimum absolute atomic E-state index is 0.236. The van der Waals surface area contributed by atoms with Gasteiger partial charge in [0.25, 0.3) is 0 Å². The topological polar surface area (TPSA) is 198 Å². The van der Waals surface area contributed by atoms with Gasteiger partial charge in [-0.3, -0.25) is 4.79 Å². The van der Waals surface area contributed by atoms with Gasteiger partial charge in [-0.05, 0) is 6.42 Å². The number of ether oxygens (including phenoxy) is 1. The van der Waals surface area contributed by atoms with Crippen LogP contribution >= 0.6 is 0 Å². The van der Waals surface area contributed by atoms with E-state index in [2.05, 4.69) is 35.9 Å². The van der Waals surface area contributed by atoms with Gasteiger partial charge in [0.15, 0.2) is 17.7 Å². The van der Waals surface area contributed by atoms with Gasteiger partial charge >= 0.3 is 0 Å². The molecule has 29 heavy (non-hydrogen) atoms. The van der Waals surface area contributed by atoms with E-state index in [0.29, 0.717) is 23.5 Å². The molecule has 4 heterocycles. The van der Waals surface area contributed by atoms with E-state index < -0.39 is 55.2 Å². The number of imidazole rings is 1. The predicted molar refractivity (Wildman–Crippen MR) is 97.4 cm³/mol. The average Bonchev–Trinajstić information content (AvgIpc) is 3.37. The number of fused-ring (bicyclic) bond motifs is 1. The maximum Gasteiger partial charge on any atom is 0.237 e. The standard InChI is InChI=1S/C16H23N7O6/c24-3-8-9(22-15(28)7-1-6(25)2-17-7)11(26)12(27)16(29-8)23-14-10-13(19-4-18-10)20-5-21-14/h4-9,11-12,16-17,24-27H,1-3H2,(H,22,28)(H2,18,19,20,21,23)/t6-,7+,8-,9-,11+,12-,16-/m0/s1. The number of hydrogen-bond acceptors (Lipinski definition) is 11. The molecule has 7 atom stereocenters. The van der Waals surface area contributed by atoms with Crippen molar-refractivity contribution in [3.05, 3.63) is 12.7 Å². The van der Waals surface area contributed by atoms with Gasteiger partial charge in [-0.25, -0.2) is 15.0 Å². The number of β-amino-alcohol motifs (C(OH)–C–C–N with tert-alkyl or cyclic N) is 1. The average molecular weight is 409 g/mol. The molecule has 2 aromatic rings. The van der Waals surface area contributed by atoms with E-state index >= 15 is 0 Å². The van der Waals surface area contributed by atoms with Crippen molar-refractivity contribution in [3.8, 4) is 0 Å². The Balaban J connectivity index is 1.47. The highest BCUT2D eigenvalue weighted by Crippen LogP contribution is 2.24. The van der Waals surface area contributed by atoms with E-state index in [1.165, 1.54) is 12.7 Å². The van der Waals surface area contributed by atoms with Crippen LogP contribution in [0.2, 0.25) is 0 Å². The summed E-state index contributed by atoms with van der Waals surface area (Å²) in [6.07, 6.45) is -2.62. The maximum atomic E-state index is 12.4. The summed E-state index contributed by atoms with van der Waals surface area (Å²) in [5.41, 5.74) is 0.892. The van der Waals surface area contributed by atoms with Crippen molar-refractivity contribution in [2.45, 2.75) is 49.1 Å². The van der Waals surface area contributed by atoms with Crippen LogP contribution in [0.1, 0.15) is 6.42 Å². The van der Waals surface area contributed by atoms with E-state index in [-0.39, 0.29) is 6.42 Å². The van der Waals surface area contributed by atoms with Gasteiger partial charge in [-0.2, -0.15) is 0 Å². The van der Waals surface area contributed by atoms with Crippen LogP contribution in [-0.4, -0.2) is 102 Å². The van der Waals surface area contributed by atoms with Gasteiger partial charge in [0, 0.05) is 6.54 Å². The van der Waals surface area contributed by atoms with Crippen molar-refractivity contribution < 1.29 is 30.0 Å². The predicted octanol–water partition coefficient (Wildman–Crippen LogP) is -3.59. The second-order valence-corrected chi connectivity index (χ2v) is 7.11. The molecule has 4 rings (SSSR count). The quantitative estimate of drug-likeness (QED) is 0.243. The van der Waals surface area contributed by atoms with Crippen LogP contribution in [0.3, 0.4) is 0 Å². The summed E-state index contributed by atoms with van der Waals surface area (Å²) in [6, 6.07) is -1.67. The number of anilines is 1. The van der Waals surface area contributed by atoms with Crippen LogP contribution in [0, 0.1) is 0 Å². The Morgan fingerprint density at radius 1 is 1.24 bits per heavy atom. The second kappa shape index (κ2) is 8.14. The lowest BCUT2D eigenvalue weighted by Crippen LogP contribution is -2.66. The molecule has 8 N–H and O–H groups in total. The summed E-state index contributed by atoms with van der Waals surface area (Å²) < 4.78 is 5.69. The largest absolute Gasteiger partial charge is 0.394 e. The fraction of sp³-hybridized carbons (Fsp3) is 0.625. The van der Waals surface area contributed by atoms with Crippen LogP contribution in [0.5, 0.6) is 0 Å². The molecule has 0 aromatic carbocycles. The third kappa shape index (κ3) is 3.88. The highest BCUT2D eigenvalue weighted by atomic mass is 16.5. The number of carbonyl (C=O) groups is 1. The Morgan fingerprint density at radius 3 is 2.79 bits per heavy atom. The van der Waals surface area contributed by atoms with Crippen molar-refractivity contribution in [2.24, 2.45) is 0 Å². The zero-order valence-electron chi connectivity index (χ0n) is 15.3. The van der Waals surface area contributed by atoms with Crippen molar-refractivity contribution >= 4 is 22.9 Å². The molecule has 0 spiro atoms. The molecular formula is C16H23N7O6. The monoisotopic (exact) mass is 409 g/mol. The van der Waals surface area contributed by atoms with E-state index in [4.69, 9.17) is 4.74 Å². The molecule has 13 nitrogen and oxygen atoms in total. The number of carbonyl (C=O) groups excluding carboxylic acids is 1. The van der Waals surface area contributed by atoms with E-state index in [9.17, 15) is 25.2 Å². The van der Waals surface area contributed by atoms with Gasteiger partial charge in [0.2, 0.25) is 5.91 Å². The molecule has 2 aliphatic rings. The first-order chi connectivity index (χ1) is 14.0. The van der Waals surface area contributed by atoms with Crippen molar-refractivity contribution in [1.82, 2.24) is 30.6 Å². The zero-order valence-corrected chi connectivity index (χ0v) is 15.3. The molecule has 0 radical (unpaired) electrons. The molecule has 0 aliphatic carbocycles. The lowest BCUT2D eigenvalue weighted by molar-refractivity contribution is -0.185. The number of aromatic nitrogens is 4. The van der Waals surface area contributed by atoms with Gasteiger partial charge < -0.3 is 46.1 Å². The molecule has 2 fully saturated rings. The molecule has 0 unspecified atom stereocenters. The van der Waals surface area contributed by atoms with Gasteiger partial charge in [-0.1, -0.05) is 0 Å². The SMILES string of the molecule is O=C(N[C@@H]1[C@@H](O)[C@H](O)[C@@H](Nc2ncnc3nc[nH]c23)O[C@H]1CO)[C@H]1C[C@H](O)CN1. The molecule has 2 aliphatic heterocycles. The maximum absolute atomic E-state index is 12.4. The van der Waals surface area contributed by atoms with Gasteiger partial charge in [0.1, 0.15) is 30.2 Å². The number of aromatic amines is 1. The van der Waals surface area contributed by atoms with Gasteiger partial charge in [-0.15, -0.1) is 0 Å². The molecule has 13 heteroatoms. The summed E-state index contributed by atoms with van der Waals surface area (Å²) in [5, 5.41) is 48.7. The van der Waals surface area contributed by atoms with Crippen LogP contribution in [-0.2, 0) is 9.53 Å². The van der Waals surface area contributed by atoms with Crippen LogP contribution < -0.4 is 16.0 Å². The second-order valence-electron chi connectivity index (χ2n) is 7.11. The molecule has 2 aromatic heterocycles. The lowest BCUT2D eigenvalue weighted by Gasteiger charge is -2.43. The Morgan fingerprint density at radius 2 is 2.07 bits per heavy atom. The molecule has 158 valence electrons. The molecule has 2 saturated heterocycles. The Hall–Kier alpha value is -2.42. The van der Waals surface area contributed by atoms with Crippen molar-refractivity contribution in [2.75, 3.05) is 18.5 Å². The molecule has 0 saturated carbocycles. The highest BCUT2D eigenvalue weighted by Gasteiger charge is 2.46. The number of H-pyrrole nitrogens is 1. The Labute approximate surface area is 164 Å². The Kier molecular flexibility index (Phi) is 5.58. The first kappa shape index (κ1) is 19.9. The number of rotatable bonds is 5. The number of aliphatic hydroxyl groups is 4. The summed E-state index contributed by atoms with van der Waals surface area (Å²) in [6.45, 7) is -0.211. The third-order valence-corrected chi connectivity index (χ3v) is 5.16. The number of amides is 1. The summed E-state index contributed by atoms with van der Waals surface area (Å²) in [5.74, 6) is -0.159. The van der Waals surface area contributed by atoms with Crippen molar-refractivity contribution in [1.29, 1.82) is 0 Å². The normalized spacial score (nSPS) is 35.0. The number of hydrogen-bond donors (Lipinski definition) is 8. The van der Waals surface area contributed by atoms with Crippen LogP contribution in [0.15, 0.2) is 12.7 Å². The summed E-state index contributed by atoms with van der Waals surface area (Å²) in [4.78, 5) is 27.4. The van der Waals surface area contributed by atoms with Gasteiger partial charge in [0.05, 0.1) is 31.1 Å². The number of aliphatic hydroxyl groups excluding tert-OH is 4. The lowest BCUT2D eigenvalue weighted by atomic mass is 9.95. The summed E-state index contributed by atoms with van der Waals surface area (Å²) >= 11 is 0. The molecular weight excluding hydrogens is 386 g/mol. The minimum atomic E-state index is -1.43. The minimum Gasteiger partial charge on any atom is -0.394 e. The van der Waals surface area contributed by atoms with Crippen LogP contribution in [0.4, 0.5) is 5.82 Å². The fourth-order valence-corrected chi connectivity index (χ4v) is 3.61. The zero-order chi connectivity index (χ0) is 20.5. The smallest absolute Gasteiger partial charge is 0.237 e. The van der Waals surface area contributed by atoms with E-state index in [1.807, 2.05) is 0 Å².